The Morgan fingerprint density at radius 1 is 0.778 bits per heavy atom. The summed E-state index contributed by atoms with van der Waals surface area (Å²) in [5.74, 6) is -0.257. The molecule has 36 heavy (non-hydrogen) atoms. The van der Waals surface area contributed by atoms with Crippen molar-refractivity contribution in [2.75, 3.05) is 5.32 Å². The number of hydrogen-bond acceptors (Lipinski definition) is 4. The highest BCUT2D eigenvalue weighted by atomic mass is 79.9. The maximum absolute atomic E-state index is 13.5. The number of anilines is 1. The number of nitrogens with zero attached hydrogens (tertiary/aromatic N) is 3. The lowest BCUT2D eigenvalue weighted by Crippen LogP contribution is -2.40. The van der Waals surface area contributed by atoms with Crippen LogP contribution in [-0.2, 0) is 13.1 Å². The van der Waals surface area contributed by atoms with E-state index in [9.17, 15) is 14.4 Å². The maximum Gasteiger partial charge on any atom is 0.332 e. The predicted molar refractivity (Wildman–Crippen MR) is 143 cm³/mol. The Morgan fingerprint density at radius 2 is 1.39 bits per heavy atom. The van der Waals surface area contributed by atoms with Crippen LogP contribution in [0, 0.1) is 0 Å². The van der Waals surface area contributed by atoms with Crippen LogP contribution in [0.3, 0.4) is 0 Å². The number of rotatable bonds is 6. The van der Waals surface area contributed by atoms with Crippen molar-refractivity contribution in [1.82, 2.24) is 14.1 Å². The van der Waals surface area contributed by atoms with Gasteiger partial charge in [0, 0.05) is 28.1 Å². The second-order valence-electron chi connectivity index (χ2n) is 8.29. The summed E-state index contributed by atoms with van der Waals surface area (Å²) >= 11 is 3.43. The molecule has 178 valence electrons. The van der Waals surface area contributed by atoms with Gasteiger partial charge in [0.05, 0.1) is 24.0 Å². The van der Waals surface area contributed by atoms with Crippen LogP contribution in [0.1, 0.15) is 21.5 Å². The minimum atomic E-state index is -0.388. The SMILES string of the molecule is O=C(Nc1ccncc1)c1ccc(Cn2c(=O)c3ccccc3n(Cc3ccc(Br)cc3)c2=O)cc1. The zero-order valence-electron chi connectivity index (χ0n) is 19.1. The molecule has 5 rings (SSSR count). The van der Waals surface area contributed by atoms with Crippen LogP contribution in [-0.4, -0.2) is 20.0 Å². The molecule has 1 N–H and O–H groups in total. The molecule has 5 aromatic rings. The van der Waals surface area contributed by atoms with E-state index in [0.29, 0.717) is 28.7 Å². The van der Waals surface area contributed by atoms with Crippen LogP contribution in [0.5, 0.6) is 0 Å². The number of para-hydroxylation sites is 1. The minimum Gasteiger partial charge on any atom is -0.322 e. The van der Waals surface area contributed by atoms with Crippen LogP contribution in [0.4, 0.5) is 5.69 Å². The molecule has 0 aliphatic rings. The summed E-state index contributed by atoms with van der Waals surface area (Å²) in [5, 5.41) is 3.28. The second kappa shape index (κ2) is 10.1. The molecule has 7 nitrogen and oxygen atoms in total. The molecule has 2 heterocycles. The number of pyridine rings is 1. The van der Waals surface area contributed by atoms with Crippen LogP contribution in [0.25, 0.3) is 10.9 Å². The number of halogens is 1. The van der Waals surface area contributed by atoms with Gasteiger partial charge in [-0.05, 0) is 59.7 Å². The largest absolute Gasteiger partial charge is 0.332 e. The summed E-state index contributed by atoms with van der Waals surface area (Å²) in [5.41, 5.74) is 2.65. The van der Waals surface area contributed by atoms with E-state index in [2.05, 4.69) is 26.2 Å². The molecule has 1 amide bonds. The highest BCUT2D eigenvalue weighted by Gasteiger charge is 2.14. The summed E-state index contributed by atoms with van der Waals surface area (Å²) in [6.45, 7) is 0.427. The molecule has 0 aliphatic heterocycles. The standard InChI is InChI=1S/C28H21BrN4O3/c29-22-11-7-20(8-12-22)17-32-25-4-2-1-3-24(25)27(35)33(28(32)36)18-19-5-9-21(10-6-19)26(34)31-23-13-15-30-16-14-23/h1-16H,17-18H2,(H,30,31,34). The quantitative estimate of drug-likeness (QED) is 0.339. The molecule has 0 unspecified atom stereocenters. The summed E-state index contributed by atoms with van der Waals surface area (Å²) in [6.07, 6.45) is 3.20. The number of nitrogens with one attached hydrogen (secondary N) is 1. The third kappa shape index (κ3) is 4.89. The Kier molecular flexibility index (Phi) is 6.60. The summed E-state index contributed by atoms with van der Waals surface area (Å²) < 4.78 is 3.82. The first kappa shape index (κ1) is 23.4. The molecule has 0 bridgehead atoms. The van der Waals surface area contributed by atoms with Gasteiger partial charge in [0.2, 0.25) is 0 Å². The molecule has 0 spiro atoms. The number of hydrogen-bond donors (Lipinski definition) is 1. The fourth-order valence-electron chi connectivity index (χ4n) is 4.02. The zero-order valence-corrected chi connectivity index (χ0v) is 20.7. The predicted octanol–water partition coefficient (Wildman–Crippen LogP) is 4.67. The molecule has 0 saturated carbocycles. The first-order valence-corrected chi connectivity index (χ1v) is 12.1. The lowest BCUT2D eigenvalue weighted by molar-refractivity contribution is 0.102. The van der Waals surface area contributed by atoms with Crippen molar-refractivity contribution in [3.63, 3.8) is 0 Å². The molecule has 0 aliphatic carbocycles. The smallest absolute Gasteiger partial charge is 0.322 e. The molecule has 0 fully saturated rings. The van der Waals surface area contributed by atoms with Crippen LogP contribution in [0.2, 0.25) is 0 Å². The number of benzene rings is 3. The van der Waals surface area contributed by atoms with Gasteiger partial charge in [-0.1, -0.05) is 52.3 Å². The molecule has 8 heteroatoms. The van der Waals surface area contributed by atoms with Crippen molar-refractivity contribution < 1.29 is 4.79 Å². The molecule has 3 aromatic carbocycles. The van der Waals surface area contributed by atoms with E-state index in [1.807, 2.05) is 30.3 Å². The van der Waals surface area contributed by atoms with E-state index in [4.69, 9.17) is 0 Å². The second-order valence-corrected chi connectivity index (χ2v) is 9.21. The van der Waals surface area contributed by atoms with Gasteiger partial charge in [-0.25, -0.2) is 4.79 Å². The average molecular weight is 541 g/mol. The zero-order chi connectivity index (χ0) is 25.1. The van der Waals surface area contributed by atoms with E-state index in [1.165, 1.54) is 4.57 Å². The van der Waals surface area contributed by atoms with Gasteiger partial charge >= 0.3 is 5.69 Å². The topological polar surface area (TPSA) is 86.0 Å². The van der Waals surface area contributed by atoms with Crippen LogP contribution in [0.15, 0.2) is 111 Å². The molecule has 0 saturated heterocycles. The lowest BCUT2D eigenvalue weighted by atomic mass is 10.1. The molecule has 0 radical (unpaired) electrons. The number of amides is 1. The maximum atomic E-state index is 13.5. The van der Waals surface area contributed by atoms with E-state index >= 15 is 0 Å². The van der Waals surface area contributed by atoms with Crippen molar-refractivity contribution in [2.45, 2.75) is 13.1 Å². The van der Waals surface area contributed by atoms with Gasteiger partial charge < -0.3 is 5.32 Å². The van der Waals surface area contributed by atoms with Crippen molar-refractivity contribution in [3.8, 4) is 0 Å². The van der Waals surface area contributed by atoms with E-state index < -0.39 is 0 Å². The molecular formula is C28H21BrN4O3. The Labute approximate surface area is 214 Å². The Hall–Kier alpha value is -4.30. The highest BCUT2D eigenvalue weighted by molar-refractivity contribution is 9.10. The third-order valence-corrected chi connectivity index (χ3v) is 6.41. The summed E-state index contributed by atoms with van der Waals surface area (Å²) in [4.78, 5) is 43.2. The van der Waals surface area contributed by atoms with Crippen LogP contribution >= 0.6 is 15.9 Å². The first-order valence-electron chi connectivity index (χ1n) is 11.3. The number of carbonyl (C=O) groups is 1. The minimum absolute atomic E-state index is 0.0924. The van der Waals surface area contributed by atoms with Crippen molar-refractivity contribution in [2.24, 2.45) is 0 Å². The van der Waals surface area contributed by atoms with E-state index in [0.717, 1.165) is 15.6 Å². The fraction of sp³-hybridized carbons (Fsp3) is 0.0714. The van der Waals surface area contributed by atoms with E-state index in [-0.39, 0.29) is 23.7 Å². The third-order valence-electron chi connectivity index (χ3n) is 5.88. The molecular weight excluding hydrogens is 520 g/mol. The fourth-order valence-corrected chi connectivity index (χ4v) is 4.28. The average Bonchev–Trinajstić information content (AvgIpc) is 2.91. The van der Waals surface area contributed by atoms with Gasteiger partial charge in [-0.15, -0.1) is 0 Å². The van der Waals surface area contributed by atoms with Gasteiger partial charge in [0.1, 0.15) is 0 Å². The number of aromatic nitrogens is 3. The Morgan fingerprint density at radius 3 is 2.08 bits per heavy atom. The highest BCUT2D eigenvalue weighted by Crippen LogP contribution is 2.15. The molecule has 0 atom stereocenters. The van der Waals surface area contributed by atoms with Gasteiger partial charge in [0.15, 0.2) is 0 Å². The van der Waals surface area contributed by atoms with Crippen molar-refractivity contribution in [1.29, 1.82) is 0 Å². The summed E-state index contributed by atoms with van der Waals surface area (Å²) in [6, 6.07) is 25.1. The van der Waals surface area contributed by atoms with Gasteiger partial charge in [0.25, 0.3) is 11.5 Å². The number of fused-ring (bicyclic) bond motifs is 1. The lowest BCUT2D eigenvalue weighted by Gasteiger charge is -2.15. The first-order chi connectivity index (χ1) is 17.5. The molecule has 2 aromatic heterocycles. The number of carbonyl (C=O) groups excluding carboxylic acids is 1. The van der Waals surface area contributed by atoms with Gasteiger partial charge in [-0.2, -0.15) is 0 Å². The van der Waals surface area contributed by atoms with Gasteiger partial charge in [-0.3, -0.25) is 23.7 Å². The van der Waals surface area contributed by atoms with Crippen molar-refractivity contribution >= 4 is 38.4 Å². The van der Waals surface area contributed by atoms with E-state index in [1.54, 1.807) is 71.6 Å². The monoisotopic (exact) mass is 540 g/mol. The van der Waals surface area contributed by atoms with Crippen molar-refractivity contribution in [3.05, 3.63) is 139 Å². The Bertz CT molecular complexity index is 1660. The van der Waals surface area contributed by atoms with Crippen LogP contribution < -0.4 is 16.6 Å². The summed E-state index contributed by atoms with van der Waals surface area (Å²) in [7, 11) is 0. The Balaban J connectivity index is 1.46. The normalized spacial score (nSPS) is 10.9.